The van der Waals surface area contributed by atoms with E-state index >= 15 is 0 Å². The molecule has 154 valence electrons. The van der Waals surface area contributed by atoms with E-state index in [1.807, 2.05) is 12.1 Å². The van der Waals surface area contributed by atoms with Crippen molar-refractivity contribution in [1.82, 2.24) is 4.90 Å². The minimum Gasteiger partial charge on any atom is -0.295 e. The Morgan fingerprint density at radius 1 is 0.733 bits per heavy atom. The van der Waals surface area contributed by atoms with Gasteiger partial charge in [-0.05, 0) is 59.2 Å². The van der Waals surface area contributed by atoms with Gasteiger partial charge in [0.1, 0.15) is 0 Å². The number of rotatable bonds is 8. The Balaban J connectivity index is 1.68. The summed E-state index contributed by atoms with van der Waals surface area (Å²) in [5, 5.41) is 9.05. The summed E-state index contributed by atoms with van der Waals surface area (Å²) in [6.07, 6.45) is 2.22. The number of benzene rings is 3. The zero-order valence-corrected chi connectivity index (χ0v) is 18.4. The van der Waals surface area contributed by atoms with Gasteiger partial charge >= 0.3 is 0 Å². The van der Waals surface area contributed by atoms with Crippen LogP contribution in [0.2, 0.25) is 0 Å². The van der Waals surface area contributed by atoms with Crippen LogP contribution in [-0.2, 0) is 24.9 Å². The number of hydrogen-bond acceptors (Lipinski definition) is 2. The van der Waals surface area contributed by atoms with Crippen molar-refractivity contribution >= 4 is 0 Å². The molecule has 30 heavy (non-hydrogen) atoms. The molecule has 2 nitrogen and oxygen atoms in total. The van der Waals surface area contributed by atoms with Crippen LogP contribution >= 0.6 is 0 Å². The van der Waals surface area contributed by atoms with Gasteiger partial charge in [0, 0.05) is 13.1 Å². The van der Waals surface area contributed by atoms with E-state index in [-0.39, 0.29) is 5.41 Å². The van der Waals surface area contributed by atoms with Crippen molar-refractivity contribution in [2.45, 2.75) is 52.1 Å². The van der Waals surface area contributed by atoms with Gasteiger partial charge in [-0.25, -0.2) is 0 Å². The molecule has 0 atom stereocenters. The van der Waals surface area contributed by atoms with Crippen LogP contribution in [0.25, 0.3) is 0 Å². The lowest BCUT2D eigenvalue weighted by Crippen LogP contribution is -2.24. The number of aryl methyl sites for hydroxylation is 1. The minimum absolute atomic E-state index is 0.177. The van der Waals surface area contributed by atoms with Crippen molar-refractivity contribution in [3.63, 3.8) is 0 Å². The number of hydrogen-bond donors (Lipinski definition) is 0. The Kier molecular flexibility index (Phi) is 7.44. The molecule has 0 spiro atoms. The number of nitriles is 1. The Hall–Kier alpha value is -2.89. The van der Waals surface area contributed by atoms with Crippen LogP contribution in [0.15, 0.2) is 78.9 Å². The topological polar surface area (TPSA) is 27.0 Å². The third-order valence-corrected chi connectivity index (χ3v) is 5.50. The van der Waals surface area contributed by atoms with Gasteiger partial charge in [0.15, 0.2) is 0 Å². The summed E-state index contributed by atoms with van der Waals surface area (Å²) in [5.74, 6) is 0. The van der Waals surface area contributed by atoms with E-state index in [0.717, 1.165) is 32.5 Å². The van der Waals surface area contributed by atoms with Gasteiger partial charge in [0.05, 0.1) is 11.6 Å². The standard InChI is InChI=1S/C28H32N2/c1-28(2,3)27-17-15-26(16-18-27)22-30(19-7-10-23-8-5-4-6-9-23)21-25-13-11-24(20-29)12-14-25/h4-6,8-9,11-18H,7,10,19,21-22H2,1-3H3. The highest BCUT2D eigenvalue weighted by Crippen LogP contribution is 2.23. The van der Waals surface area contributed by atoms with Crippen molar-refractivity contribution in [2.75, 3.05) is 6.54 Å². The van der Waals surface area contributed by atoms with E-state index in [2.05, 4.69) is 98.5 Å². The van der Waals surface area contributed by atoms with Crippen molar-refractivity contribution < 1.29 is 0 Å². The second-order valence-electron chi connectivity index (χ2n) is 9.06. The van der Waals surface area contributed by atoms with E-state index in [0.29, 0.717) is 5.56 Å². The molecule has 0 unspecified atom stereocenters. The zero-order chi connectivity index (χ0) is 21.4. The molecule has 2 heteroatoms. The van der Waals surface area contributed by atoms with Crippen molar-refractivity contribution in [3.05, 3.63) is 107 Å². The first kappa shape index (κ1) is 21.8. The fraction of sp³-hybridized carbons (Fsp3) is 0.321. The van der Waals surface area contributed by atoms with Crippen LogP contribution in [-0.4, -0.2) is 11.4 Å². The van der Waals surface area contributed by atoms with Crippen LogP contribution in [0.3, 0.4) is 0 Å². The highest BCUT2D eigenvalue weighted by Gasteiger charge is 2.14. The molecule has 0 aliphatic rings. The lowest BCUT2D eigenvalue weighted by Gasteiger charge is -2.24. The largest absolute Gasteiger partial charge is 0.295 e. The SMILES string of the molecule is CC(C)(C)c1ccc(CN(CCCc2ccccc2)Cc2ccc(C#N)cc2)cc1. The summed E-state index contributed by atoms with van der Waals surface area (Å²) in [4.78, 5) is 2.51. The van der Waals surface area contributed by atoms with Gasteiger partial charge in [0.25, 0.3) is 0 Å². The molecular formula is C28H32N2. The lowest BCUT2D eigenvalue weighted by atomic mass is 9.87. The van der Waals surface area contributed by atoms with E-state index in [9.17, 15) is 0 Å². The maximum Gasteiger partial charge on any atom is 0.0991 e. The molecule has 3 rings (SSSR count). The Labute approximate surface area is 181 Å². The zero-order valence-electron chi connectivity index (χ0n) is 18.4. The number of nitrogens with zero attached hydrogens (tertiary/aromatic N) is 2. The highest BCUT2D eigenvalue weighted by atomic mass is 15.1. The van der Waals surface area contributed by atoms with Crippen molar-refractivity contribution in [2.24, 2.45) is 0 Å². The van der Waals surface area contributed by atoms with Crippen molar-refractivity contribution in [1.29, 1.82) is 5.26 Å². The van der Waals surface area contributed by atoms with Crippen LogP contribution < -0.4 is 0 Å². The molecule has 0 aliphatic carbocycles. The van der Waals surface area contributed by atoms with Crippen LogP contribution in [0.5, 0.6) is 0 Å². The smallest absolute Gasteiger partial charge is 0.0991 e. The predicted molar refractivity (Wildman–Crippen MR) is 125 cm³/mol. The maximum atomic E-state index is 9.05. The molecule has 0 bridgehead atoms. The minimum atomic E-state index is 0.177. The molecule has 0 amide bonds. The van der Waals surface area contributed by atoms with E-state index in [1.54, 1.807) is 0 Å². The quantitative estimate of drug-likeness (QED) is 0.435. The molecule has 0 heterocycles. The van der Waals surface area contributed by atoms with E-state index in [1.165, 1.54) is 22.3 Å². The van der Waals surface area contributed by atoms with Gasteiger partial charge in [-0.1, -0.05) is 87.5 Å². The highest BCUT2D eigenvalue weighted by molar-refractivity contribution is 5.32. The first-order valence-electron chi connectivity index (χ1n) is 10.8. The second-order valence-corrected chi connectivity index (χ2v) is 9.06. The predicted octanol–water partition coefficient (Wildman–Crippen LogP) is 6.49. The van der Waals surface area contributed by atoms with Gasteiger partial charge in [-0.15, -0.1) is 0 Å². The van der Waals surface area contributed by atoms with E-state index < -0.39 is 0 Å². The Bertz CT molecular complexity index is 943. The van der Waals surface area contributed by atoms with Crippen LogP contribution in [0.4, 0.5) is 0 Å². The fourth-order valence-electron chi connectivity index (χ4n) is 3.68. The Morgan fingerprint density at radius 3 is 1.83 bits per heavy atom. The molecular weight excluding hydrogens is 364 g/mol. The fourth-order valence-corrected chi connectivity index (χ4v) is 3.68. The monoisotopic (exact) mass is 396 g/mol. The van der Waals surface area contributed by atoms with Gasteiger partial charge < -0.3 is 0 Å². The molecule has 0 aromatic heterocycles. The maximum absolute atomic E-state index is 9.05. The molecule has 0 fully saturated rings. The molecule has 0 saturated carbocycles. The first-order valence-corrected chi connectivity index (χ1v) is 10.8. The summed E-state index contributed by atoms with van der Waals surface area (Å²) in [6.45, 7) is 9.62. The van der Waals surface area contributed by atoms with Crippen molar-refractivity contribution in [3.8, 4) is 6.07 Å². The summed E-state index contributed by atoms with van der Waals surface area (Å²) in [6, 6.07) is 29.9. The van der Waals surface area contributed by atoms with Gasteiger partial charge in [-0.2, -0.15) is 5.26 Å². The molecule has 3 aromatic carbocycles. The normalized spacial score (nSPS) is 11.4. The summed E-state index contributed by atoms with van der Waals surface area (Å²) in [7, 11) is 0. The lowest BCUT2D eigenvalue weighted by molar-refractivity contribution is 0.253. The molecule has 0 radical (unpaired) electrons. The summed E-state index contributed by atoms with van der Waals surface area (Å²) < 4.78 is 0. The first-order chi connectivity index (χ1) is 14.4. The summed E-state index contributed by atoms with van der Waals surface area (Å²) in [5.41, 5.74) is 6.25. The third kappa shape index (κ3) is 6.58. The average molecular weight is 397 g/mol. The van der Waals surface area contributed by atoms with Crippen LogP contribution in [0, 0.1) is 11.3 Å². The average Bonchev–Trinajstić information content (AvgIpc) is 2.75. The molecule has 0 N–H and O–H groups in total. The molecule has 0 aliphatic heterocycles. The third-order valence-electron chi connectivity index (χ3n) is 5.50. The molecule has 3 aromatic rings. The van der Waals surface area contributed by atoms with Gasteiger partial charge in [0.2, 0.25) is 0 Å². The second kappa shape index (κ2) is 10.2. The van der Waals surface area contributed by atoms with Crippen LogP contribution in [0.1, 0.15) is 55.0 Å². The summed E-state index contributed by atoms with van der Waals surface area (Å²) >= 11 is 0. The van der Waals surface area contributed by atoms with E-state index in [4.69, 9.17) is 5.26 Å². The molecule has 0 saturated heterocycles. The Morgan fingerprint density at radius 2 is 1.30 bits per heavy atom. The van der Waals surface area contributed by atoms with Gasteiger partial charge in [-0.3, -0.25) is 4.90 Å².